The highest BCUT2D eigenvalue weighted by atomic mass is 32.2. The number of nitrogens with one attached hydrogen (secondary N) is 1. The van der Waals surface area contributed by atoms with Gasteiger partial charge in [0.25, 0.3) is 11.8 Å². The molecule has 0 radical (unpaired) electrons. The smallest absolute Gasteiger partial charge is 0.255 e. The SMILES string of the molecule is COc1ccc(C2=NN(C(=O)CSc3nnc(CNC(=O)c4ccccc4OC)n3-c3ccccc3)C(c3cccc(OC)c3OC)C2)cc1. The number of carbonyl (C=O) groups is 2. The Morgan fingerprint density at radius 1 is 0.800 bits per heavy atom. The molecule has 1 N–H and O–H groups in total. The van der Waals surface area contributed by atoms with Gasteiger partial charge in [0.15, 0.2) is 22.5 Å². The van der Waals surface area contributed by atoms with Crippen molar-refractivity contribution in [2.45, 2.75) is 24.2 Å². The molecular weight excluding hydrogens is 657 g/mol. The Morgan fingerprint density at radius 2 is 1.52 bits per heavy atom. The number of hydrazone groups is 1. The van der Waals surface area contributed by atoms with Gasteiger partial charge in [-0.1, -0.05) is 54.2 Å². The third-order valence-corrected chi connectivity index (χ3v) is 9.09. The Morgan fingerprint density at radius 3 is 2.24 bits per heavy atom. The molecule has 2 amide bonds. The molecule has 0 spiro atoms. The van der Waals surface area contributed by atoms with E-state index in [2.05, 4.69) is 15.5 Å². The monoisotopic (exact) mass is 692 g/mol. The number of hydrogen-bond donors (Lipinski definition) is 1. The van der Waals surface area contributed by atoms with Crippen molar-refractivity contribution in [2.75, 3.05) is 34.2 Å². The Hall–Kier alpha value is -5.82. The summed E-state index contributed by atoms with van der Waals surface area (Å²) < 4.78 is 23.9. The molecule has 50 heavy (non-hydrogen) atoms. The van der Waals surface area contributed by atoms with Crippen LogP contribution in [0.3, 0.4) is 0 Å². The zero-order valence-electron chi connectivity index (χ0n) is 28.0. The van der Waals surface area contributed by atoms with Crippen LogP contribution < -0.4 is 24.3 Å². The van der Waals surface area contributed by atoms with Gasteiger partial charge in [0.1, 0.15) is 11.5 Å². The van der Waals surface area contributed by atoms with Gasteiger partial charge in [-0.3, -0.25) is 14.2 Å². The lowest BCUT2D eigenvalue weighted by molar-refractivity contribution is -0.130. The van der Waals surface area contributed by atoms with Gasteiger partial charge in [-0.05, 0) is 60.2 Å². The molecule has 6 rings (SSSR count). The highest BCUT2D eigenvalue weighted by Gasteiger charge is 2.36. The maximum Gasteiger partial charge on any atom is 0.255 e. The lowest BCUT2D eigenvalue weighted by Crippen LogP contribution is -2.29. The quantitative estimate of drug-likeness (QED) is 0.155. The van der Waals surface area contributed by atoms with Crippen molar-refractivity contribution in [3.8, 4) is 28.7 Å². The second-order valence-electron chi connectivity index (χ2n) is 11.1. The molecule has 13 heteroatoms. The number of ether oxygens (including phenoxy) is 4. The lowest BCUT2D eigenvalue weighted by Gasteiger charge is -2.24. The topological polar surface area (TPSA) is 129 Å². The average Bonchev–Trinajstić information content (AvgIpc) is 3.81. The van der Waals surface area contributed by atoms with E-state index in [-0.39, 0.29) is 24.1 Å². The van der Waals surface area contributed by atoms with E-state index in [4.69, 9.17) is 24.0 Å². The van der Waals surface area contributed by atoms with Gasteiger partial charge in [0.05, 0.1) is 58.1 Å². The van der Waals surface area contributed by atoms with Gasteiger partial charge >= 0.3 is 0 Å². The second-order valence-corrected chi connectivity index (χ2v) is 12.0. The van der Waals surface area contributed by atoms with Crippen molar-refractivity contribution in [1.82, 2.24) is 25.1 Å². The summed E-state index contributed by atoms with van der Waals surface area (Å²) in [6.45, 7) is 0.0899. The molecular formula is C37H36N6O6S. The molecule has 256 valence electrons. The standard InChI is InChI=1S/C37H36N6O6S/c1-46-26-19-17-24(18-20-26)29-21-30(27-14-10-16-32(48-3)35(27)49-4)43(41-29)34(44)23-50-37-40-39-33(42(37)25-11-6-5-7-12-25)22-38-36(45)28-13-8-9-15-31(28)47-2/h5-20,30H,21-23H2,1-4H3,(H,38,45). The van der Waals surface area contributed by atoms with Crippen LogP contribution in [0.25, 0.3) is 5.69 Å². The van der Waals surface area contributed by atoms with Gasteiger partial charge < -0.3 is 24.3 Å². The van der Waals surface area contributed by atoms with Gasteiger partial charge in [0, 0.05) is 17.7 Å². The second kappa shape index (κ2) is 15.6. The van der Waals surface area contributed by atoms with E-state index in [1.807, 2.05) is 77.4 Å². The summed E-state index contributed by atoms with van der Waals surface area (Å²) in [5.41, 5.74) is 3.60. The number of aromatic nitrogens is 3. The number of benzene rings is 4. The third-order valence-electron chi connectivity index (χ3n) is 8.18. The minimum absolute atomic E-state index is 0.0146. The van der Waals surface area contributed by atoms with Crippen LogP contribution in [0.15, 0.2) is 107 Å². The van der Waals surface area contributed by atoms with E-state index in [1.54, 1.807) is 45.6 Å². The minimum atomic E-state index is -0.446. The average molecular weight is 693 g/mol. The summed E-state index contributed by atoms with van der Waals surface area (Å²) >= 11 is 1.23. The number of amides is 2. The molecule has 1 atom stereocenters. The molecule has 5 aromatic rings. The van der Waals surface area contributed by atoms with Crippen LogP contribution in [0.4, 0.5) is 0 Å². The lowest BCUT2D eigenvalue weighted by atomic mass is 9.97. The Bertz CT molecular complexity index is 2000. The maximum absolute atomic E-state index is 14.1. The Kier molecular flexibility index (Phi) is 10.6. The molecule has 0 saturated heterocycles. The first-order valence-electron chi connectivity index (χ1n) is 15.7. The number of nitrogens with zero attached hydrogens (tertiary/aromatic N) is 5. The first kappa shape index (κ1) is 34.1. The molecule has 0 bridgehead atoms. The molecule has 2 heterocycles. The number of carbonyl (C=O) groups excluding carboxylic acids is 2. The van der Waals surface area contributed by atoms with Crippen molar-refractivity contribution >= 4 is 29.3 Å². The van der Waals surface area contributed by atoms with Crippen LogP contribution in [0, 0.1) is 0 Å². The van der Waals surface area contributed by atoms with E-state index in [0.29, 0.717) is 40.2 Å². The number of methoxy groups -OCH3 is 4. The molecule has 12 nitrogen and oxygen atoms in total. The van der Waals surface area contributed by atoms with Gasteiger partial charge in [-0.25, -0.2) is 5.01 Å². The van der Waals surface area contributed by atoms with Crippen molar-refractivity contribution in [3.05, 3.63) is 120 Å². The molecule has 1 aromatic heterocycles. The van der Waals surface area contributed by atoms with Crippen LogP contribution in [0.1, 0.15) is 39.8 Å². The van der Waals surface area contributed by atoms with Crippen LogP contribution in [-0.4, -0.2) is 71.5 Å². The summed E-state index contributed by atoms with van der Waals surface area (Å²) in [7, 11) is 6.29. The fourth-order valence-corrected chi connectivity index (χ4v) is 6.56. The fourth-order valence-electron chi connectivity index (χ4n) is 5.74. The fraction of sp³-hybridized carbons (Fsp3) is 0.216. The van der Waals surface area contributed by atoms with Gasteiger partial charge in [-0.15, -0.1) is 10.2 Å². The number of hydrogen-bond acceptors (Lipinski definition) is 10. The molecule has 0 saturated carbocycles. The molecule has 1 unspecified atom stereocenters. The predicted molar refractivity (Wildman–Crippen MR) is 190 cm³/mol. The highest BCUT2D eigenvalue weighted by molar-refractivity contribution is 7.99. The maximum atomic E-state index is 14.1. The molecule has 1 aliphatic rings. The largest absolute Gasteiger partial charge is 0.497 e. The van der Waals surface area contributed by atoms with Crippen molar-refractivity contribution in [3.63, 3.8) is 0 Å². The van der Waals surface area contributed by atoms with E-state index < -0.39 is 6.04 Å². The summed E-state index contributed by atoms with van der Waals surface area (Å²) in [5.74, 6) is 2.26. The Labute approximate surface area is 294 Å². The number of rotatable bonds is 13. The summed E-state index contributed by atoms with van der Waals surface area (Å²) in [4.78, 5) is 27.2. The molecule has 0 fully saturated rings. The summed E-state index contributed by atoms with van der Waals surface area (Å²) in [6.07, 6.45) is 0.461. The Balaban J connectivity index is 1.27. The van der Waals surface area contributed by atoms with Crippen molar-refractivity contribution in [1.29, 1.82) is 0 Å². The zero-order valence-corrected chi connectivity index (χ0v) is 28.8. The van der Waals surface area contributed by atoms with Crippen LogP contribution in [0.5, 0.6) is 23.0 Å². The van der Waals surface area contributed by atoms with E-state index >= 15 is 0 Å². The van der Waals surface area contributed by atoms with Crippen LogP contribution >= 0.6 is 11.8 Å². The summed E-state index contributed by atoms with van der Waals surface area (Å²) in [5, 5.41) is 18.6. The van der Waals surface area contributed by atoms with Crippen molar-refractivity contribution in [2.24, 2.45) is 5.10 Å². The van der Waals surface area contributed by atoms with Crippen LogP contribution in [-0.2, 0) is 11.3 Å². The van der Waals surface area contributed by atoms with E-state index in [1.165, 1.54) is 23.9 Å². The zero-order chi connectivity index (χ0) is 35.0. The highest BCUT2D eigenvalue weighted by Crippen LogP contribution is 2.42. The normalized spacial score (nSPS) is 13.8. The van der Waals surface area contributed by atoms with Crippen LogP contribution in [0.2, 0.25) is 0 Å². The van der Waals surface area contributed by atoms with Gasteiger partial charge in [0.2, 0.25) is 0 Å². The van der Waals surface area contributed by atoms with Gasteiger partial charge in [-0.2, -0.15) is 5.10 Å². The number of thioether (sulfide) groups is 1. The molecule has 0 aliphatic carbocycles. The molecule has 4 aromatic carbocycles. The van der Waals surface area contributed by atoms with E-state index in [9.17, 15) is 9.59 Å². The predicted octanol–water partition coefficient (Wildman–Crippen LogP) is 5.70. The first-order valence-corrected chi connectivity index (χ1v) is 16.7. The summed E-state index contributed by atoms with van der Waals surface area (Å²) in [6, 6.07) is 29.3. The van der Waals surface area contributed by atoms with Crippen molar-refractivity contribution < 1.29 is 28.5 Å². The number of para-hydroxylation sites is 3. The van der Waals surface area contributed by atoms with E-state index in [0.717, 1.165) is 28.3 Å². The minimum Gasteiger partial charge on any atom is -0.497 e. The first-order chi connectivity index (χ1) is 24.4. The third kappa shape index (κ3) is 7.13. The molecule has 1 aliphatic heterocycles.